The standard InChI is InChI=1S/C10H8ClIN2OS/c11-10-7(6-15)2-4-14(16-12)9-5-13-3-1-8(9)10/h1,3,5-6H,2,4H2. The zero-order chi connectivity index (χ0) is 11.5. The molecule has 0 fully saturated rings. The van der Waals surface area contributed by atoms with Crippen LogP contribution in [0.5, 0.6) is 0 Å². The van der Waals surface area contributed by atoms with E-state index in [-0.39, 0.29) is 0 Å². The monoisotopic (exact) mass is 366 g/mol. The predicted molar refractivity (Wildman–Crippen MR) is 76.6 cm³/mol. The van der Waals surface area contributed by atoms with Crippen molar-refractivity contribution in [1.82, 2.24) is 4.98 Å². The Morgan fingerprint density at radius 2 is 2.44 bits per heavy atom. The number of hydrogen-bond donors (Lipinski definition) is 0. The second kappa shape index (κ2) is 5.37. The van der Waals surface area contributed by atoms with Crippen LogP contribution >= 0.6 is 41.9 Å². The molecule has 0 radical (unpaired) electrons. The highest BCUT2D eigenvalue weighted by atomic mass is 127. The van der Waals surface area contributed by atoms with E-state index in [1.54, 1.807) is 21.5 Å². The smallest absolute Gasteiger partial charge is 0.147 e. The van der Waals surface area contributed by atoms with E-state index >= 15 is 0 Å². The molecule has 0 saturated heterocycles. The fourth-order valence-electron chi connectivity index (χ4n) is 1.58. The topological polar surface area (TPSA) is 33.2 Å². The lowest BCUT2D eigenvalue weighted by Gasteiger charge is -2.19. The highest BCUT2D eigenvalue weighted by Crippen LogP contribution is 2.39. The first-order chi connectivity index (χ1) is 7.77. The van der Waals surface area contributed by atoms with Gasteiger partial charge in [-0.05, 0) is 12.5 Å². The summed E-state index contributed by atoms with van der Waals surface area (Å²) in [7, 11) is 1.58. The Morgan fingerprint density at radius 1 is 1.62 bits per heavy atom. The Morgan fingerprint density at radius 3 is 3.12 bits per heavy atom. The molecule has 0 aromatic carbocycles. The van der Waals surface area contributed by atoms with Gasteiger partial charge in [0.15, 0.2) is 0 Å². The summed E-state index contributed by atoms with van der Waals surface area (Å²) in [5.41, 5.74) is 2.49. The number of halogens is 2. The van der Waals surface area contributed by atoms with E-state index in [1.807, 2.05) is 6.07 Å². The van der Waals surface area contributed by atoms with Gasteiger partial charge in [-0.1, -0.05) is 11.6 Å². The molecule has 0 spiro atoms. The van der Waals surface area contributed by atoms with Crippen molar-refractivity contribution in [2.75, 3.05) is 10.8 Å². The van der Waals surface area contributed by atoms with Crippen LogP contribution in [0.2, 0.25) is 0 Å². The van der Waals surface area contributed by atoms with Crippen LogP contribution < -0.4 is 4.31 Å². The summed E-state index contributed by atoms with van der Waals surface area (Å²) in [4.78, 5) is 15.0. The van der Waals surface area contributed by atoms with Gasteiger partial charge in [0.1, 0.15) is 6.29 Å². The molecule has 0 amide bonds. The zero-order valence-corrected chi connectivity index (χ0v) is 11.9. The number of anilines is 1. The van der Waals surface area contributed by atoms with Gasteiger partial charge in [-0.15, -0.1) is 0 Å². The third-order valence-electron chi connectivity index (χ3n) is 2.40. The largest absolute Gasteiger partial charge is 0.305 e. The second-order valence-electron chi connectivity index (χ2n) is 3.27. The molecule has 2 heterocycles. The van der Waals surface area contributed by atoms with Gasteiger partial charge in [0.2, 0.25) is 0 Å². The van der Waals surface area contributed by atoms with Crippen molar-refractivity contribution in [2.45, 2.75) is 6.42 Å². The van der Waals surface area contributed by atoms with Gasteiger partial charge < -0.3 is 4.31 Å². The first-order valence-corrected chi connectivity index (χ1v) is 8.31. The molecule has 16 heavy (non-hydrogen) atoms. The van der Waals surface area contributed by atoms with Crippen LogP contribution in [0.1, 0.15) is 12.0 Å². The van der Waals surface area contributed by atoms with Gasteiger partial charge in [0.25, 0.3) is 0 Å². The lowest BCUT2D eigenvalue weighted by molar-refractivity contribution is -0.104. The summed E-state index contributed by atoms with van der Waals surface area (Å²) >= 11 is 8.43. The summed E-state index contributed by atoms with van der Waals surface area (Å²) < 4.78 is 2.09. The van der Waals surface area contributed by atoms with Crippen LogP contribution in [0.25, 0.3) is 5.03 Å². The van der Waals surface area contributed by atoms with E-state index in [0.717, 1.165) is 24.1 Å². The van der Waals surface area contributed by atoms with Crippen molar-refractivity contribution in [3.05, 3.63) is 29.6 Å². The van der Waals surface area contributed by atoms with E-state index < -0.39 is 0 Å². The van der Waals surface area contributed by atoms with Crippen LogP contribution in [-0.4, -0.2) is 17.8 Å². The Bertz CT molecular complexity index is 452. The van der Waals surface area contributed by atoms with Crippen LogP contribution in [0, 0.1) is 0 Å². The van der Waals surface area contributed by atoms with Crippen molar-refractivity contribution in [3.8, 4) is 0 Å². The number of aldehydes is 1. The van der Waals surface area contributed by atoms with Gasteiger partial charge in [-0.2, -0.15) is 0 Å². The van der Waals surface area contributed by atoms with E-state index in [1.165, 1.54) is 0 Å². The van der Waals surface area contributed by atoms with E-state index in [2.05, 4.69) is 30.5 Å². The molecule has 0 N–H and O–H groups in total. The summed E-state index contributed by atoms with van der Waals surface area (Å²) in [5, 5.41) is 0.542. The summed E-state index contributed by atoms with van der Waals surface area (Å²) in [6, 6.07) is 1.84. The molecule has 0 aliphatic carbocycles. The Balaban J connectivity index is 2.57. The molecule has 84 valence electrons. The first kappa shape index (κ1) is 12.2. The zero-order valence-electron chi connectivity index (χ0n) is 8.19. The van der Waals surface area contributed by atoms with E-state index in [9.17, 15) is 4.79 Å². The number of fused-ring (bicyclic) bond motifs is 1. The molecule has 0 unspecified atom stereocenters. The molecule has 6 heteroatoms. The number of carbonyl (C=O) groups excluding carboxylic acids is 1. The minimum Gasteiger partial charge on any atom is -0.305 e. The van der Waals surface area contributed by atoms with Crippen LogP contribution in [0.4, 0.5) is 5.69 Å². The number of pyridine rings is 1. The van der Waals surface area contributed by atoms with Crippen molar-refractivity contribution in [3.63, 3.8) is 0 Å². The summed E-state index contributed by atoms with van der Waals surface area (Å²) in [6.07, 6.45) is 4.96. The third kappa shape index (κ3) is 2.21. The fraction of sp³-hybridized carbons (Fsp3) is 0.200. The number of aromatic nitrogens is 1. The minimum atomic E-state index is 0.542. The molecule has 1 aromatic rings. The average Bonchev–Trinajstić information content (AvgIpc) is 2.47. The molecule has 2 rings (SSSR count). The number of nitrogens with zero attached hydrogens (tertiary/aromatic N) is 2. The lowest BCUT2D eigenvalue weighted by Crippen LogP contribution is -2.14. The van der Waals surface area contributed by atoms with Gasteiger partial charge >= 0.3 is 0 Å². The third-order valence-corrected chi connectivity index (χ3v) is 4.82. The quantitative estimate of drug-likeness (QED) is 0.456. The van der Waals surface area contributed by atoms with Gasteiger partial charge in [-0.25, -0.2) is 0 Å². The summed E-state index contributed by atoms with van der Waals surface area (Å²) in [6.45, 7) is 0.761. The van der Waals surface area contributed by atoms with Gasteiger partial charge in [-0.3, -0.25) is 9.78 Å². The lowest BCUT2D eigenvalue weighted by atomic mass is 10.1. The Labute approximate surface area is 115 Å². The molecule has 1 aromatic heterocycles. The maximum Gasteiger partial charge on any atom is 0.147 e. The van der Waals surface area contributed by atoms with E-state index in [0.29, 0.717) is 17.0 Å². The molecule has 0 saturated carbocycles. The predicted octanol–water partition coefficient (Wildman–Crippen LogP) is 3.44. The van der Waals surface area contributed by atoms with Crippen molar-refractivity contribution >= 4 is 58.9 Å². The van der Waals surface area contributed by atoms with Gasteiger partial charge in [0.05, 0.1) is 16.9 Å². The molecule has 1 aliphatic rings. The SMILES string of the molecule is O=CC1=C(Cl)c2ccncc2N(SI)CC1. The maximum atomic E-state index is 10.9. The van der Waals surface area contributed by atoms with Crippen LogP contribution in [-0.2, 0) is 4.79 Å². The Kier molecular flexibility index (Phi) is 4.10. The number of hydrogen-bond acceptors (Lipinski definition) is 4. The second-order valence-corrected chi connectivity index (χ2v) is 5.41. The Hall–Kier alpha value is -0.270. The molecular formula is C10H8ClIN2OS. The maximum absolute atomic E-state index is 10.9. The molecule has 0 bridgehead atoms. The van der Waals surface area contributed by atoms with E-state index in [4.69, 9.17) is 11.6 Å². The van der Waals surface area contributed by atoms with Crippen molar-refractivity contribution < 1.29 is 4.79 Å². The highest BCUT2D eigenvalue weighted by molar-refractivity contribution is 14.2. The minimum absolute atomic E-state index is 0.542. The molecule has 0 atom stereocenters. The average molecular weight is 367 g/mol. The number of carbonyl (C=O) groups is 1. The molecule has 3 nitrogen and oxygen atoms in total. The highest BCUT2D eigenvalue weighted by Gasteiger charge is 2.20. The normalized spacial score (nSPS) is 15.8. The molecular weight excluding hydrogens is 359 g/mol. The van der Waals surface area contributed by atoms with Crippen molar-refractivity contribution in [2.24, 2.45) is 0 Å². The van der Waals surface area contributed by atoms with Gasteiger partial charge in [0, 0.05) is 54.2 Å². The van der Waals surface area contributed by atoms with Crippen LogP contribution in [0.15, 0.2) is 24.0 Å². The molecule has 1 aliphatic heterocycles. The number of rotatable bonds is 2. The summed E-state index contributed by atoms with van der Waals surface area (Å²) in [5.74, 6) is 0. The van der Waals surface area contributed by atoms with Crippen LogP contribution in [0.3, 0.4) is 0 Å². The van der Waals surface area contributed by atoms with Crippen molar-refractivity contribution in [1.29, 1.82) is 0 Å². The fourth-order valence-corrected chi connectivity index (χ4v) is 3.48. The first-order valence-electron chi connectivity index (χ1n) is 4.62.